The fourth-order valence-corrected chi connectivity index (χ4v) is 1.92. The summed E-state index contributed by atoms with van der Waals surface area (Å²) in [5.41, 5.74) is -1.38. The summed E-state index contributed by atoms with van der Waals surface area (Å²) < 4.78 is 91.9. The van der Waals surface area contributed by atoms with Gasteiger partial charge in [0.25, 0.3) is 5.91 Å². The lowest BCUT2D eigenvalue weighted by Crippen LogP contribution is -2.30. The van der Waals surface area contributed by atoms with E-state index >= 15 is 0 Å². The van der Waals surface area contributed by atoms with Gasteiger partial charge >= 0.3 is 5.97 Å². The molecule has 3 N–H and O–H groups in total. The number of aryl methyl sites for hydroxylation is 1. The first-order valence-electron chi connectivity index (χ1n) is 12.5. The highest BCUT2D eigenvalue weighted by Gasteiger charge is 2.18. The SMILES string of the molecule is [2H]Cc1nc(C(=O)NC([2H])([2H])C(=O)O)c(O)c2c([2H])c([2H])c(Oc3c([2H])c([2H])c([2H])c([2H])c3[2H])c([2H])c12. The zero-order valence-electron chi connectivity index (χ0n) is 23.8. The van der Waals surface area contributed by atoms with Gasteiger partial charge in [-0.05, 0) is 37.1 Å². The molecule has 2 aromatic carbocycles. The standard InChI is InChI=1S/C19H16N2O5/c1-11-15-9-13(26-12-5-3-2-4-6-12)7-8-14(15)18(24)17(21-11)19(25)20-10-16(22)23/h2-9,24H,10H2,1H3,(H,20,25)(H,22,23)/i1D,2D,3D,4D,5D,6D,7D,8D,9D,10D2. The molecule has 0 saturated carbocycles. The highest BCUT2D eigenvalue weighted by molar-refractivity contribution is 6.03. The zero-order chi connectivity index (χ0) is 28.1. The number of benzene rings is 2. The molecule has 0 atom stereocenters. The van der Waals surface area contributed by atoms with E-state index in [1.165, 1.54) is 5.32 Å². The van der Waals surface area contributed by atoms with E-state index in [0.29, 0.717) is 0 Å². The molecule has 7 heteroatoms. The summed E-state index contributed by atoms with van der Waals surface area (Å²) in [7, 11) is 0. The highest BCUT2D eigenvalue weighted by atomic mass is 16.5. The van der Waals surface area contributed by atoms with Crippen LogP contribution in [0.3, 0.4) is 0 Å². The van der Waals surface area contributed by atoms with Crippen LogP contribution in [0.5, 0.6) is 17.2 Å². The summed E-state index contributed by atoms with van der Waals surface area (Å²) in [6, 6.07) is -6.35. The Morgan fingerprint density at radius 1 is 1.23 bits per heavy atom. The van der Waals surface area contributed by atoms with Crippen molar-refractivity contribution in [1.82, 2.24) is 10.3 Å². The van der Waals surface area contributed by atoms with Crippen LogP contribution in [0.1, 0.15) is 31.3 Å². The van der Waals surface area contributed by atoms with Crippen molar-refractivity contribution in [2.24, 2.45) is 0 Å². The van der Waals surface area contributed by atoms with Crippen LogP contribution >= 0.6 is 0 Å². The minimum absolute atomic E-state index is 0.418. The van der Waals surface area contributed by atoms with Crippen LogP contribution in [0.15, 0.2) is 48.3 Å². The molecule has 1 amide bonds. The molecule has 0 spiro atoms. The summed E-state index contributed by atoms with van der Waals surface area (Å²) in [6.45, 7) is -4.03. The van der Waals surface area contributed by atoms with E-state index in [0.717, 1.165) is 0 Å². The van der Waals surface area contributed by atoms with Crippen molar-refractivity contribution >= 4 is 22.6 Å². The maximum absolute atomic E-state index is 12.5. The Labute approximate surface area is 164 Å². The molecule has 26 heavy (non-hydrogen) atoms. The lowest BCUT2D eigenvalue weighted by molar-refractivity contribution is -0.135. The van der Waals surface area contributed by atoms with Gasteiger partial charge < -0.3 is 20.3 Å². The minimum Gasteiger partial charge on any atom is -0.505 e. The van der Waals surface area contributed by atoms with E-state index in [9.17, 15) is 14.7 Å². The molecule has 0 aliphatic carbocycles. The van der Waals surface area contributed by atoms with Gasteiger partial charge in [0.05, 0.1) is 13.7 Å². The normalized spacial score (nSPS) is 17.0. The van der Waals surface area contributed by atoms with Gasteiger partial charge in [-0.3, -0.25) is 9.59 Å². The van der Waals surface area contributed by atoms with Gasteiger partial charge in [0.1, 0.15) is 18.0 Å². The smallest absolute Gasteiger partial charge is 0.322 e. The minimum atomic E-state index is -3.27. The van der Waals surface area contributed by atoms with E-state index in [4.69, 9.17) is 24.9 Å². The zero-order valence-corrected chi connectivity index (χ0v) is 12.8. The molecule has 0 aliphatic rings. The quantitative estimate of drug-likeness (QED) is 0.643. The maximum atomic E-state index is 12.5. The Morgan fingerprint density at radius 2 is 2.00 bits per heavy atom. The maximum Gasteiger partial charge on any atom is 0.322 e. The number of nitrogens with one attached hydrogen (secondary N) is 1. The Morgan fingerprint density at radius 3 is 2.69 bits per heavy atom. The van der Waals surface area contributed by atoms with Crippen LogP contribution in [-0.4, -0.2) is 33.6 Å². The first kappa shape index (κ1) is 8.18. The van der Waals surface area contributed by atoms with Gasteiger partial charge in [-0.1, -0.05) is 18.1 Å². The summed E-state index contributed by atoms with van der Waals surface area (Å²) in [4.78, 5) is 27.2. The van der Waals surface area contributed by atoms with Crippen molar-refractivity contribution in [3.05, 3.63) is 59.7 Å². The van der Waals surface area contributed by atoms with Gasteiger partial charge in [0, 0.05) is 17.8 Å². The summed E-state index contributed by atoms with van der Waals surface area (Å²) in [5, 5.41) is 20.0. The summed E-state index contributed by atoms with van der Waals surface area (Å²) >= 11 is 0. The second-order valence-corrected chi connectivity index (χ2v) is 4.65. The molecule has 132 valence electrons. The van der Waals surface area contributed by atoms with Gasteiger partial charge in [0.2, 0.25) is 0 Å². The van der Waals surface area contributed by atoms with Crippen LogP contribution in [-0.2, 0) is 4.79 Å². The molecule has 1 heterocycles. The van der Waals surface area contributed by atoms with E-state index in [1.807, 2.05) is 0 Å². The van der Waals surface area contributed by atoms with Gasteiger partial charge in [-0.15, -0.1) is 0 Å². The molecule has 0 bridgehead atoms. The predicted molar refractivity (Wildman–Crippen MR) is 94.6 cm³/mol. The molecule has 1 aromatic heterocycles. The van der Waals surface area contributed by atoms with Crippen molar-refractivity contribution in [2.45, 2.75) is 6.90 Å². The second kappa shape index (κ2) is 7.10. The summed E-state index contributed by atoms with van der Waals surface area (Å²) in [5.74, 6) is -6.18. The number of carboxylic acids is 1. The topological polar surface area (TPSA) is 109 Å². The molecule has 3 rings (SSSR count). The molecular formula is C19H16N2O5. The molecule has 0 unspecified atom stereocenters. The van der Waals surface area contributed by atoms with Crippen LogP contribution in [0.25, 0.3) is 10.8 Å². The van der Waals surface area contributed by atoms with Crippen molar-refractivity contribution in [1.29, 1.82) is 0 Å². The predicted octanol–water partition coefficient (Wildman–Crippen LogP) is 2.86. The number of rotatable bonds is 5. The molecule has 3 aromatic rings. The van der Waals surface area contributed by atoms with E-state index < -0.39 is 113 Å². The number of aliphatic carboxylic acids is 1. The fourth-order valence-electron chi connectivity index (χ4n) is 1.92. The van der Waals surface area contributed by atoms with Gasteiger partial charge in [-0.25, -0.2) is 4.98 Å². The number of amides is 1. The molecule has 0 radical (unpaired) electrons. The summed E-state index contributed by atoms with van der Waals surface area (Å²) in [6.07, 6.45) is 0. The number of ether oxygens (including phenoxy) is 1. The third kappa shape index (κ3) is 3.56. The Balaban J connectivity index is 2.30. The van der Waals surface area contributed by atoms with Crippen molar-refractivity contribution in [3.8, 4) is 17.2 Å². The number of hydrogen-bond donors (Lipinski definition) is 3. The monoisotopic (exact) mass is 363 g/mol. The number of carboxylic acid groups (broad SMARTS) is 1. The average Bonchev–Trinajstić information content (AvgIpc) is 2.83. The Hall–Kier alpha value is -3.61. The number of fused-ring (bicyclic) bond motifs is 1. The molecular weight excluding hydrogens is 336 g/mol. The highest BCUT2D eigenvalue weighted by Crippen LogP contribution is 2.33. The molecule has 0 saturated heterocycles. The number of para-hydroxylation sites is 1. The number of carbonyl (C=O) groups excluding carboxylic acids is 1. The van der Waals surface area contributed by atoms with Crippen molar-refractivity contribution in [2.75, 3.05) is 6.50 Å². The van der Waals surface area contributed by atoms with Crippen LogP contribution in [0.4, 0.5) is 0 Å². The third-order valence-electron chi connectivity index (χ3n) is 2.97. The third-order valence-corrected chi connectivity index (χ3v) is 2.97. The number of aromatic hydroxyl groups is 1. The Bertz CT molecular complexity index is 1470. The van der Waals surface area contributed by atoms with E-state index in [2.05, 4.69) is 4.98 Å². The molecule has 0 aliphatic heterocycles. The number of pyridine rings is 1. The first-order chi connectivity index (χ1) is 17.1. The molecule has 0 fully saturated rings. The van der Waals surface area contributed by atoms with Crippen LogP contribution < -0.4 is 10.1 Å². The van der Waals surface area contributed by atoms with E-state index in [1.54, 1.807) is 0 Å². The second-order valence-electron chi connectivity index (χ2n) is 4.65. The van der Waals surface area contributed by atoms with Crippen molar-refractivity contribution in [3.63, 3.8) is 0 Å². The number of nitrogens with zero attached hydrogens (tertiary/aromatic N) is 1. The Kier molecular flexibility index (Phi) is 2.23. The lowest BCUT2D eigenvalue weighted by atomic mass is 10.1. The number of aromatic nitrogens is 1. The molecule has 7 nitrogen and oxygen atoms in total. The first-order valence-corrected chi connectivity index (χ1v) is 6.81. The average molecular weight is 363 g/mol. The van der Waals surface area contributed by atoms with Crippen LogP contribution in [0.2, 0.25) is 0 Å². The van der Waals surface area contributed by atoms with Gasteiger partial charge in [0.15, 0.2) is 11.4 Å². The van der Waals surface area contributed by atoms with Gasteiger partial charge in [-0.2, -0.15) is 0 Å². The number of carbonyl (C=O) groups is 2. The fraction of sp³-hybridized carbons (Fsp3) is 0.105. The van der Waals surface area contributed by atoms with Crippen molar-refractivity contribution < 1.29 is 39.6 Å². The lowest BCUT2D eigenvalue weighted by Gasteiger charge is -2.12. The van der Waals surface area contributed by atoms with E-state index in [-0.39, 0.29) is 0 Å². The largest absolute Gasteiger partial charge is 0.505 e. The van der Waals surface area contributed by atoms with Crippen LogP contribution in [0, 0.1) is 6.90 Å². The number of hydrogen-bond acceptors (Lipinski definition) is 5.